The van der Waals surface area contributed by atoms with Crippen LogP contribution in [0, 0.1) is 27.4 Å². The molecule has 1 aliphatic heterocycles. The number of hydrogen-bond donors (Lipinski definition) is 6. The fraction of sp³-hybridized carbons (Fsp3) is 0.605. The molecule has 1 aromatic carbocycles. The average Bonchev–Trinajstić information content (AvgIpc) is 3.65. The monoisotopic (exact) mass is 881 g/mol. The van der Waals surface area contributed by atoms with Gasteiger partial charge in [0.1, 0.15) is 30.2 Å². The number of nitrogens with zero attached hydrogens (tertiary/aromatic N) is 2. The Morgan fingerprint density at radius 3 is 2.00 bits per heavy atom. The van der Waals surface area contributed by atoms with Gasteiger partial charge in [-0.3, -0.25) is 43.7 Å². The first kappa shape index (κ1) is 49.4. The molecule has 7 N–H and O–H groups in total. The summed E-state index contributed by atoms with van der Waals surface area (Å²) in [5.74, 6) is -7.96. The molecule has 1 saturated heterocycles. The third-order valence-electron chi connectivity index (χ3n) is 11.9. The van der Waals surface area contributed by atoms with Gasteiger partial charge in [-0.15, -0.1) is 0 Å². The van der Waals surface area contributed by atoms with Crippen LogP contribution < -0.4 is 27.0 Å². The summed E-state index contributed by atoms with van der Waals surface area (Å²) in [5.41, 5.74) is 2.99. The van der Waals surface area contributed by atoms with Crippen molar-refractivity contribution in [3.63, 3.8) is 0 Å². The van der Waals surface area contributed by atoms with Crippen LogP contribution in [0.15, 0.2) is 30.4 Å². The Bertz CT molecular complexity index is 1930. The Labute approximate surface area is 365 Å². The molecule has 0 unspecified atom stereocenters. The number of ether oxygens (including phenoxy) is 1. The lowest BCUT2D eigenvalue weighted by atomic mass is 9.81. The van der Waals surface area contributed by atoms with Gasteiger partial charge in [-0.05, 0) is 61.8 Å². The predicted molar refractivity (Wildman–Crippen MR) is 224 cm³/mol. The molecule has 344 valence electrons. The number of carbonyl (C=O) groups excluding carboxylic acids is 8. The van der Waals surface area contributed by atoms with Gasteiger partial charge < -0.3 is 41.7 Å². The van der Waals surface area contributed by atoms with Crippen LogP contribution in [0.2, 0.25) is 0 Å². The number of esters is 1. The number of hydrogen-bond acceptors (Lipinski definition) is 12. The van der Waals surface area contributed by atoms with Gasteiger partial charge >= 0.3 is 11.9 Å². The maximum atomic E-state index is 14.5. The summed E-state index contributed by atoms with van der Waals surface area (Å²) >= 11 is 0. The Morgan fingerprint density at radius 1 is 0.873 bits per heavy atom. The fourth-order valence-electron chi connectivity index (χ4n) is 8.45. The summed E-state index contributed by atoms with van der Waals surface area (Å²) in [5, 5.41) is 31.8. The second kappa shape index (κ2) is 22.2. The molecule has 1 heterocycles. The standard InChI is InChI=1S/C43H59N7O13/c1-43(2,3)35(48-38(55)30(17-11-12-18-32(52)63-4)45-37(54)26-19-27(42(59)60)21-28(20-26)50(61)62)41(58)49-23-29(51)22-31(49)39(56)47-34(25-15-9-6-10-16-25)40(57)46-33(36(44)53)24-13-7-5-8-14-24/h12,18-21,24-25,30-31,33-35H,5-11,13-17,22-23H2,1-4H3,(H2,44,53)(H,45,54)(H,46,57)(H,47,56)(H,48,55)(H,59,60)/b18-12+/t30-,31-,33-,34-,35+/m0/s1. The molecule has 5 atom stereocenters. The lowest BCUT2D eigenvalue weighted by molar-refractivity contribution is -0.384. The molecule has 6 amide bonds. The number of nitrogens with two attached hydrogens (primary N) is 1. The van der Waals surface area contributed by atoms with Gasteiger partial charge in [-0.2, -0.15) is 0 Å². The lowest BCUT2D eigenvalue weighted by Gasteiger charge is -2.37. The van der Waals surface area contributed by atoms with Crippen LogP contribution >= 0.6 is 0 Å². The first-order valence-electron chi connectivity index (χ1n) is 21.3. The van der Waals surface area contributed by atoms with E-state index >= 15 is 0 Å². The fourth-order valence-corrected chi connectivity index (χ4v) is 8.45. The van der Waals surface area contributed by atoms with E-state index in [4.69, 9.17) is 5.73 Å². The highest BCUT2D eigenvalue weighted by molar-refractivity contribution is 6.03. The quantitative estimate of drug-likeness (QED) is 0.0534. The summed E-state index contributed by atoms with van der Waals surface area (Å²) in [4.78, 5) is 131. The zero-order valence-electron chi connectivity index (χ0n) is 36.1. The largest absolute Gasteiger partial charge is 0.478 e. The first-order valence-corrected chi connectivity index (χ1v) is 21.3. The van der Waals surface area contributed by atoms with E-state index in [1.165, 1.54) is 6.08 Å². The number of amides is 6. The van der Waals surface area contributed by atoms with E-state index in [1.54, 1.807) is 20.8 Å². The van der Waals surface area contributed by atoms with Gasteiger partial charge in [0.25, 0.3) is 11.6 Å². The van der Waals surface area contributed by atoms with Gasteiger partial charge in [0.2, 0.25) is 29.5 Å². The van der Waals surface area contributed by atoms with Crippen molar-refractivity contribution < 1.29 is 57.9 Å². The van der Waals surface area contributed by atoms with Crippen molar-refractivity contribution in [1.82, 2.24) is 26.2 Å². The molecule has 20 heteroatoms. The number of nitro benzene ring substituents is 1. The summed E-state index contributed by atoms with van der Waals surface area (Å²) in [6.07, 6.45) is 9.90. The molecule has 63 heavy (non-hydrogen) atoms. The number of ketones is 1. The second-order valence-electron chi connectivity index (χ2n) is 17.6. The molecule has 1 aromatic rings. The normalized spacial score (nSPS) is 19.3. The van der Waals surface area contributed by atoms with Crippen LogP contribution in [0.3, 0.4) is 0 Å². The van der Waals surface area contributed by atoms with E-state index in [2.05, 4.69) is 26.0 Å². The summed E-state index contributed by atoms with van der Waals surface area (Å²) in [6.45, 7) is 4.38. The SMILES string of the molecule is COC(=O)/C=C/CC[C@H](NC(=O)c1cc(C(=O)O)cc([N+](=O)[O-])c1)C(=O)N[C@H](C(=O)N1CC(=O)C[C@H]1C(=O)N[C@H](C(=O)N[C@H](C(N)=O)C1CCCCC1)C1CCCCC1)C(C)(C)C. The van der Waals surface area contributed by atoms with Crippen LogP contribution in [0.1, 0.15) is 125 Å². The minimum Gasteiger partial charge on any atom is -0.478 e. The third-order valence-corrected chi connectivity index (χ3v) is 11.9. The molecule has 0 aromatic heterocycles. The number of carboxylic acids is 1. The third kappa shape index (κ3) is 13.6. The van der Waals surface area contributed by atoms with Gasteiger partial charge in [0.05, 0.1) is 24.1 Å². The summed E-state index contributed by atoms with van der Waals surface area (Å²) < 4.78 is 4.59. The van der Waals surface area contributed by atoms with E-state index in [0.29, 0.717) is 25.7 Å². The Kier molecular flexibility index (Phi) is 17.5. The van der Waals surface area contributed by atoms with Crippen LogP contribution in [-0.4, -0.2) is 112 Å². The Hall–Kier alpha value is -6.21. The molecule has 2 aliphatic carbocycles. The highest BCUT2D eigenvalue weighted by atomic mass is 16.6. The second-order valence-corrected chi connectivity index (χ2v) is 17.6. The number of carbonyl (C=O) groups is 9. The molecule has 0 bridgehead atoms. The Balaban J connectivity index is 1.59. The number of methoxy groups -OCH3 is 1. The number of Topliss-reactive ketones (excluding diaryl/α,β-unsaturated/α-hetero) is 1. The number of rotatable bonds is 18. The topological polar surface area (TPSA) is 304 Å². The van der Waals surface area contributed by atoms with Gasteiger partial charge in [-0.1, -0.05) is 65.4 Å². The average molecular weight is 882 g/mol. The summed E-state index contributed by atoms with van der Waals surface area (Å²) in [7, 11) is 1.16. The van der Waals surface area contributed by atoms with Crippen molar-refractivity contribution in [3.8, 4) is 0 Å². The molecular weight excluding hydrogens is 823 g/mol. The van der Waals surface area contributed by atoms with Crippen molar-refractivity contribution in [3.05, 3.63) is 51.6 Å². The number of nitro groups is 1. The smallest absolute Gasteiger partial charge is 0.335 e. The van der Waals surface area contributed by atoms with Gasteiger partial charge in [0.15, 0.2) is 5.78 Å². The van der Waals surface area contributed by atoms with Gasteiger partial charge in [0, 0.05) is 30.2 Å². The van der Waals surface area contributed by atoms with Crippen molar-refractivity contribution in [2.24, 2.45) is 23.0 Å². The zero-order chi connectivity index (χ0) is 46.6. The van der Waals surface area contributed by atoms with Crippen molar-refractivity contribution in [2.45, 2.75) is 134 Å². The molecular formula is C43H59N7O13. The number of benzene rings is 1. The van der Waals surface area contributed by atoms with Crippen LogP contribution in [0.25, 0.3) is 0 Å². The minimum atomic E-state index is -1.55. The van der Waals surface area contributed by atoms with Crippen molar-refractivity contribution in [1.29, 1.82) is 0 Å². The van der Waals surface area contributed by atoms with E-state index in [0.717, 1.165) is 74.8 Å². The number of carboxylic acid groups (broad SMARTS) is 1. The highest BCUT2D eigenvalue weighted by Crippen LogP contribution is 2.30. The minimum absolute atomic E-state index is 0.00361. The highest BCUT2D eigenvalue weighted by Gasteiger charge is 2.46. The van der Waals surface area contributed by atoms with E-state index in [-0.39, 0.29) is 31.1 Å². The maximum absolute atomic E-state index is 14.5. The molecule has 0 spiro atoms. The number of likely N-dealkylation sites (tertiary alicyclic amines) is 1. The number of allylic oxidation sites excluding steroid dienone is 1. The van der Waals surface area contributed by atoms with Crippen molar-refractivity contribution in [2.75, 3.05) is 13.7 Å². The molecule has 3 aliphatic rings. The van der Waals surface area contributed by atoms with E-state index in [9.17, 15) is 58.4 Å². The van der Waals surface area contributed by atoms with Crippen LogP contribution in [0.4, 0.5) is 5.69 Å². The molecule has 4 rings (SSSR count). The lowest BCUT2D eigenvalue weighted by Crippen LogP contribution is -2.62. The summed E-state index contributed by atoms with van der Waals surface area (Å²) in [6, 6.07) is -3.80. The van der Waals surface area contributed by atoms with Crippen LogP contribution in [0.5, 0.6) is 0 Å². The number of aromatic carboxylic acids is 1. The predicted octanol–water partition coefficient (Wildman–Crippen LogP) is 2.22. The Morgan fingerprint density at radius 2 is 1.46 bits per heavy atom. The van der Waals surface area contributed by atoms with Crippen LogP contribution in [-0.2, 0) is 38.3 Å². The maximum Gasteiger partial charge on any atom is 0.335 e. The van der Waals surface area contributed by atoms with E-state index in [1.807, 2.05) is 0 Å². The number of primary amides is 1. The molecule has 2 saturated carbocycles. The molecule has 0 radical (unpaired) electrons. The van der Waals surface area contributed by atoms with E-state index < -0.39 is 117 Å². The molecule has 20 nitrogen and oxygen atoms in total. The zero-order valence-corrected chi connectivity index (χ0v) is 36.1. The molecule has 3 fully saturated rings. The first-order chi connectivity index (χ1) is 29.7. The van der Waals surface area contributed by atoms with Gasteiger partial charge in [-0.25, -0.2) is 9.59 Å². The number of nitrogens with one attached hydrogen (secondary N) is 4. The van der Waals surface area contributed by atoms with Crippen molar-refractivity contribution >= 4 is 58.9 Å². The number of non-ortho nitro benzene ring substituents is 1.